The van der Waals surface area contributed by atoms with Crippen LogP contribution in [0.5, 0.6) is 0 Å². The molecule has 0 radical (unpaired) electrons. The first-order chi connectivity index (χ1) is 6.40. The van der Waals surface area contributed by atoms with Crippen molar-refractivity contribution in [1.82, 2.24) is 4.98 Å². The van der Waals surface area contributed by atoms with E-state index in [9.17, 15) is 0 Å². The summed E-state index contributed by atoms with van der Waals surface area (Å²) in [6.45, 7) is 0. The molecule has 2 heterocycles. The van der Waals surface area contributed by atoms with Crippen molar-refractivity contribution in [2.75, 3.05) is 5.75 Å². The minimum atomic E-state index is 0.452. The third-order valence-electron chi connectivity index (χ3n) is 2.03. The molecule has 0 aliphatic carbocycles. The van der Waals surface area contributed by atoms with Crippen molar-refractivity contribution >= 4 is 23.1 Å². The van der Waals surface area contributed by atoms with Gasteiger partial charge in [0, 0.05) is 5.38 Å². The predicted octanol–water partition coefficient (Wildman–Crippen LogP) is 2.78. The average Bonchev–Trinajstić information content (AvgIpc) is 2.70. The second kappa shape index (κ2) is 4.12. The summed E-state index contributed by atoms with van der Waals surface area (Å²) in [4.78, 5) is 4.46. The first-order valence-corrected chi connectivity index (χ1v) is 6.26. The van der Waals surface area contributed by atoms with Crippen LogP contribution in [-0.2, 0) is 6.42 Å². The number of thioether (sulfide) groups is 1. The fraction of sp³-hybridized carbons (Fsp3) is 0.556. The second-order valence-corrected chi connectivity index (χ2v) is 5.21. The van der Waals surface area contributed by atoms with Gasteiger partial charge in [-0.1, -0.05) is 0 Å². The number of hydrogen-bond donors (Lipinski definition) is 0. The zero-order valence-electron chi connectivity index (χ0n) is 7.19. The lowest BCUT2D eigenvalue weighted by molar-refractivity contribution is 0.819. The summed E-state index contributed by atoms with van der Waals surface area (Å²) < 4.78 is 0. The number of thiazole rings is 1. The van der Waals surface area contributed by atoms with E-state index in [-0.39, 0.29) is 0 Å². The lowest BCUT2D eigenvalue weighted by Crippen LogP contribution is -1.88. The molecule has 2 nitrogen and oxygen atoms in total. The highest BCUT2D eigenvalue weighted by Crippen LogP contribution is 2.40. The minimum Gasteiger partial charge on any atom is -0.244 e. The molecule has 0 aromatic carbocycles. The summed E-state index contributed by atoms with van der Waals surface area (Å²) in [5, 5.41) is 12.3. The molecule has 2 rings (SSSR count). The fourth-order valence-corrected chi connectivity index (χ4v) is 3.75. The smallest absolute Gasteiger partial charge is 0.106 e. The largest absolute Gasteiger partial charge is 0.244 e. The van der Waals surface area contributed by atoms with Crippen molar-refractivity contribution in [3.8, 4) is 6.07 Å². The Morgan fingerprint density at radius 1 is 1.69 bits per heavy atom. The summed E-state index contributed by atoms with van der Waals surface area (Å²) in [7, 11) is 0. The molecular formula is C9H10N2S2. The highest BCUT2D eigenvalue weighted by molar-refractivity contribution is 7.99. The van der Waals surface area contributed by atoms with Crippen molar-refractivity contribution in [3.05, 3.63) is 16.1 Å². The third kappa shape index (κ3) is 2.04. The second-order valence-electron chi connectivity index (χ2n) is 3.01. The van der Waals surface area contributed by atoms with Crippen molar-refractivity contribution in [2.45, 2.75) is 24.5 Å². The van der Waals surface area contributed by atoms with Gasteiger partial charge in [0.25, 0.3) is 0 Å². The van der Waals surface area contributed by atoms with Crippen LogP contribution in [0.3, 0.4) is 0 Å². The maximum atomic E-state index is 8.50. The van der Waals surface area contributed by atoms with E-state index in [2.05, 4.69) is 11.1 Å². The molecule has 13 heavy (non-hydrogen) atoms. The molecule has 4 heteroatoms. The van der Waals surface area contributed by atoms with Gasteiger partial charge in [-0.3, -0.25) is 0 Å². The molecule has 0 spiro atoms. The Hall–Kier alpha value is -0.530. The van der Waals surface area contributed by atoms with Gasteiger partial charge in [0.05, 0.1) is 23.4 Å². The van der Waals surface area contributed by atoms with Gasteiger partial charge in [-0.05, 0) is 18.6 Å². The van der Waals surface area contributed by atoms with Crippen LogP contribution >= 0.6 is 23.1 Å². The van der Waals surface area contributed by atoms with Gasteiger partial charge in [-0.25, -0.2) is 4.98 Å². The Morgan fingerprint density at radius 3 is 3.31 bits per heavy atom. The number of aromatic nitrogens is 1. The van der Waals surface area contributed by atoms with Crippen molar-refractivity contribution in [1.29, 1.82) is 5.26 Å². The van der Waals surface area contributed by atoms with Crippen LogP contribution in [-0.4, -0.2) is 10.7 Å². The molecule has 68 valence electrons. The number of hydrogen-bond acceptors (Lipinski definition) is 4. The summed E-state index contributed by atoms with van der Waals surface area (Å²) >= 11 is 3.70. The van der Waals surface area contributed by atoms with Crippen LogP contribution < -0.4 is 0 Å². The van der Waals surface area contributed by atoms with Crippen LogP contribution in [0.2, 0.25) is 0 Å². The van der Waals surface area contributed by atoms with Gasteiger partial charge in [-0.15, -0.1) is 11.3 Å². The summed E-state index contributed by atoms with van der Waals surface area (Å²) in [6, 6.07) is 2.13. The zero-order chi connectivity index (χ0) is 9.10. The third-order valence-corrected chi connectivity index (χ3v) is 4.58. The van der Waals surface area contributed by atoms with Crippen LogP contribution in [0, 0.1) is 11.3 Å². The normalized spacial score (nSPS) is 21.6. The van der Waals surface area contributed by atoms with E-state index in [0.29, 0.717) is 11.7 Å². The maximum absolute atomic E-state index is 8.50. The van der Waals surface area contributed by atoms with E-state index in [1.165, 1.54) is 23.6 Å². The molecule has 0 amide bonds. The van der Waals surface area contributed by atoms with E-state index in [4.69, 9.17) is 5.26 Å². The lowest BCUT2D eigenvalue weighted by atomic mass is 10.2. The first-order valence-electron chi connectivity index (χ1n) is 4.33. The van der Waals surface area contributed by atoms with E-state index >= 15 is 0 Å². The van der Waals surface area contributed by atoms with Gasteiger partial charge in [0.1, 0.15) is 5.01 Å². The van der Waals surface area contributed by atoms with Gasteiger partial charge in [-0.2, -0.15) is 17.0 Å². The van der Waals surface area contributed by atoms with Gasteiger partial charge < -0.3 is 0 Å². The summed E-state index contributed by atoms with van der Waals surface area (Å²) in [6.07, 6.45) is 3.01. The molecule has 0 N–H and O–H groups in total. The van der Waals surface area contributed by atoms with Gasteiger partial charge in [0.2, 0.25) is 0 Å². The first kappa shape index (κ1) is 9.04. The lowest BCUT2D eigenvalue weighted by Gasteiger charge is -2.01. The zero-order valence-corrected chi connectivity index (χ0v) is 8.83. The highest BCUT2D eigenvalue weighted by Gasteiger charge is 2.20. The standard InChI is InChI=1S/C9H10N2S2/c10-4-3-7-6-13-9(11-7)8-2-1-5-12-8/h6,8H,1-3,5H2. The number of nitrogens with zero attached hydrogens (tertiary/aromatic N) is 2. The molecule has 1 fully saturated rings. The molecule has 1 atom stereocenters. The summed E-state index contributed by atoms with van der Waals surface area (Å²) in [5.74, 6) is 1.26. The van der Waals surface area contributed by atoms with Gasteiger partial charge in [0.15, 0.2) is 0 Å². The topological polar surface area (TPSA) is 36.7 Å². The highest BCUT2D eigenvalue weighted by atomic mass is 32.2. The van der Waals surface area contributed by atoms with Gasteiger partial charge >= 0.3 is 0 Å². The Morgan fingerprint density at radius 2 is 2.62 bits per heavy atom. The van der Waals surface area contributed by atoms with E-state index in [1.54, 1.807) is 11.3 Å². The predicted molar refractivity (Wildman–Crippen MR) is 55.9 cm³/mol. The Bertz CT molecular complexity index is 321. The van der Waals surface area contributed by atoms with Crippen LogP contribution in [0.15, 0.2) is 5.38 Å². The van der Waals surface area contributed by atoms with Crippen molar-refractivity contribution < 1.29 is 0 Å². The number of rotatable bonds is 2. The van der Waals surface area contributed by atoms with Crippen LogP contribution in [0.4, 0.5) is 0 Å². The van der Waals surface area contributed by atoms with E-state index < -0.39 is 0 Å². The quantitative estimate of drug-likeness (QED) is 0.753. The average molecular weight is 210 g/mol. The van der Waals surface area contributed by atoms with Crippen LogP contribution in [0.1, 0.15) is 28.8 Å². The molecule has 1 saturated heterocycles. The minimum absolute atomic E-state index is 0.452. The Labute approximate surface area is 86.0 Å². The van der Waals surface area contributed by atoms with E-state index in [1.807, 2.05) is 17.1 Å². The maximum Gasteiger partial charge on any atom is 0.106 e. The van der Waals surface area contributed by atoms with Crippen molar-refractivity contribution in [3.63, 3.8) is 0 Å². The Kier molecular flexibility index (Phi) is 2.87. The molecule has 0 saturated carbocycles. The Balaban J connectivity index is 2.08. The molecular weight excluding hydrogens is 200 g/mol. The number of nitriles is 1. The molecule has 1 unspecified atom stereocenters. The monoisotopic (exact) mass is 210 g/mol. The van der Waals surface area contributed by atoms with Crippen LogP contribution in [0.25, 0.3) is 0 Å². The molecule has 0 bridgehead atoms. The SMILES string of the molecule is N#CCc1csc(C2CCCS2)n1. The molecule has 1 aromatic rings. The summed E-state index contributed by atoms with van der Waals surface area (Å²) in [5.41, 5.74) is 0.940. The molecule has 1 aliphatic rings. The molecule has 1 aromatic heterocycles. The fourth-order valence-electron chi connectivity index (χ4n) is 1.41. The van der Waals surface area contributed by atoms with Crippen molar-refractivity contribution in [2.24, 2.45) is 0 Å². The molecule has 1 aliphatic heterocycles. The van der Waals surface area contributed by atoms with E-state index in [0.717, 1.165) is 5.69 Å².